The lowest BCUT2D eigenvalue weighted by Crippen LogP contribution is -2.37. The topological polar surface area (TPSA) is 98.5 Å². The van der Waals surface area contributed by atoms with Crippen LogP contribution in [0, 0.1) is 15.9 Å². The number of ether oxygens (including phenoxy) is 1. The maximum atomic E-state index is 13.0. The van der Waals surface area contributed by atoms with E-state index in [1.165, 1.54) is 43.3 Å². The Balaban J connectivity index is 2.01. The molecule has 1 N–H and O–H groups in total. The van der Waals surface area contributed by atoms with Gasteiger partial charge in [0.25, 0.3) is 11.6 Å². The second-order valence-electron chi connectivity index (χ2n) is 5.75. The molecule has 1 amide bonds. The number of rotatable bonds is 6. The van der Waals surface area contributed by atoms with Crippen molar-refractivity contribution in [2.45, 2.75) is 26.0 Å². The Morgan fingerprint density at radius 3 is 2.41 bits per heavy atom. The molecule has 7 nitrogen and oxygen atoms in total. The van der Waals surface area contributed by atoms with Crippen LogP contribution in [-0.4, -0.2) is 22.9 Å². The molecule has 142 valence electrons. The van der Waals surface area contributed by atoms with Crippen molar-refractivity contribution in [3.05, 3.63) is 74.5 Å². The number of nitrogens with zero attached hydrogens (tertiary/aromatic N) is 1. The summed E-state index contributed by atoms with van der Waals surface area (Å²) in [5.41, 5.74) is 0.141. The van der Waals surface area contributed by atoms with E-state index in [-0.39, 0.29) is 10.6 Å². The van der Waals surface area contributed by atoms with E-state index in [0.717, 1.165) is 6.07 Å². The SMILES string of the molecule is C[C@H](OC(=O)c1ccc(Cl)c([N+](=O)[O-])c1)C(=O)N[C@H](C)c1ccc(F)cc1. The van der Waals surface area contributed by atoms with Gasteiger partial charge in [0.1, 0.15) is 10.8 Å². The van der Waals surface area contributed by atoms with Gasteiger partial charge >= 0.3 is 5.97 Å². The molecular formula is C18H16ClFN2O5. The van der Waals surface area contributed by atoms with Crippen LogP contribution in [0.15, 0.2) is 42.5 Å². The average molecular weight is 395 g/mol. The van der Waals surface area contributed by atoms with Crippen LogP contribution in [0.1, 0.15) is 35.8 Å². The molecule has 2 aromatic carbocycles. The molecule has 0 aromatic heterocycles. The molecule has 0 aliphatic carbocycles. The quantitative estimate of drug-likeness (QED) is 0.456. The first-order valence-corrected chi connectivity index (χ1v) is 8.27. The van der Waals surface area contributed by atoms with Crippen LogP contribution < -0.4 is 5.32 Å². The van der Waals surface area contributed by atoms with Crippen molar-refractivity contribution in [1.29, 1.82) is 0 Å². The zero-order chi connectivity index (χ0) is 20.1. The fraction of sp³-hybridized carbons (Fsp3) is 0.222. The van der Waals surface area contributed by atoms with Gasteiger partial charge in [-0.15, -0.1) is 0 Å². The molecule has 0 bridgehead atoms. The number of nitrogens with one attached hydrogen (secondary N) is 1. The van der Waals surface area contributed by atoms with Crippen LogP contribution in [0.2, 0.25) is 5.02 Å². The average Bonchev–Trinajstić information content (AvgIpc) is 2.62. The van der Waals surface area contributed by atoms with Crippen molar-refractivity contribution in [3.8, 4) is 0 Å². The molecule has 0 aliphatic rings. The van der Waals surface area contributed by atoms with E-state index in [9.17, 15) is 24.1 Å². The molecule has 27 heavy (non-hydrogen) atoms. The first kappa shape index (κ1) is 20.3. The van der Waals surface area contributed by atoms with Crippen molar-refractivity contribution in [2.75, 3.05) is 0 Å². The van der Waals surface area contributed by atoms with Crippen LogP contribution in [0.5, 0.6) is 0 Å². The van der Waals surface area contributed by atoms with Gasteiger partial charge in [0, 0.05) is 6.07 Å². The van der Waals surface area contributed by atoms with Crippen molar-refractivity contribution < 1.29 is 23.6 Å². The van der Waals surface area contributed by atoms with E-state index < -0.39 is 40.5 Å². The maximum Gasteiger partial charge on any atom is 0.339 e. The van der Waals surface area contributed by atoms with Crippen LogP contribution in [0.4, 0.5) is 10.1 Å². The van der Waals surface area contributed by atoms with E-state index in [4.69, 9.17) is 16.3 Å². The summed E-state index contributed by atoms with van der Waals surface area (Å²) >= 11 is 5.70. The molecule has 0 fully saturated rings. The van der Waals surface area contributed by atoms with Crippen LogP contribution in [0.25, 0.3) is 0 Å². The number of amides is 1. The predicted octanol–water partition coefficient (Wildman–Crippen LogP) is 3.81. The Bertz CT molecular complexity index is 873. The Hall–Kier alpha value is -3.00. The molecule has 0 spiro atoms. The Morgan fingerprint density at radius 1 is 1.19 bits per heavy atom. The number of esters is 1. The maximum absolute atomic E-state index is 13.0. The monoisotopic (exact) mass is 394 g/mol. The fourth-order valence-electron chi connectivity index (χ4n) is 2.23. The Morgan fingerprint density at radius 2 is 1.81 bits per heavy atom. The highest BCUT2D eigenvalue weighted by Gasteiger charge is 2.23. The van der Waals surface area contributed by atoms with Crippen LogP contribution >= 0.6 is 11.6 Å². The summed E-state index contributed by atoms with van der Waals surface area (Å²) in [6, 6.07) is 8.63. The first-order valence-electron chi connectivity index (χ1n) is 7.89. The smallest absolute Gasteiger partial charge is 0.339 e. The number of hydrogen-bond acceptors (Lipinski definition) is 5. The van der Waals surface area contributed by atoms with Gasteiger partial charge in [-0.05, 0) is 43.7 Å². The molecule has 0 aliphatic heterocycles. The summed E-state index contributed by atoms with van der Waals surface area (Å²) in [5.74, 6) is -1.85. The molecule has 2 aromatic rings. The minimum absolute atomic E-state index is 0.0997. The lowest BCUT2D eigenvalue weighted by molar-refractivity contribution is -0.384. The third-order valence-corrected chi connectivity index (χ3v) is 4.08. The summed E-state index contributed by atoms with van der Waals surface area (Å²) in [7, 11) is 0. The second kappa shape index (κ2) is 8.59. The van der Waals surface area contributed by atoms with Crippen molar-refractivity contribution in [2.24, 2.45) is 0 Å². The van der Waals surface area contributed by atoms with Crippen LogP contribution in [-0.2, 0) is 9.53 Å². The third-order valence-electron chi connectivity index (χ3n) is 3.76. The lowest BCUT2D eigenvalue weighted by atomic mass is 10.1. The van der Waals surface area contributed by atoms with E-state index in [2.05, 4.69) is 5.32 Å². The zero-order valence-corrected chi connectivity index (χ0v) is 15.2. The van der Waals surface area contributed by atoms with Gasteiger partial charge in [-0.1, -0.05) is 23.7 Å². The van der Waals surface area contributed by atoms with Gasteiger partial charge in [-0.25, -0.2) is 9.18 Å². The zero-order valence-electron chi connectivity index (χ0n) is 14.4. The number of halogens is 2. The molecule has 0 radical (unpaired) electrons. The van der Waals surface area contributed by atoms with Gasteiger partial charge in [-0.2, -0.15) is 0 Å². The Kier molecular flexibility index (Phi) is 6.46. The van der Waals surface area contributed by atoms with E-state index in [0.29, 0.717) is 5.56 Å². The number of carbonyl (C=O) groups excluding carboxylic acids is 2. The van der Waals surface area contributed by atoms with Crippen molar-refractivity contribution >= 4 is 29.2 Å². The largest absolute Gasteiger partial charge is 0.449 e. The predicted molar refractivity (Wildman–Crippen MR) is 95.9 cm³/mol. The second-order valence-corrected chi connectivity index (χ2v) is 6.16. The number of carbonyl (C=O) groups is 2. The minimum Gasteiger partial charge on any atom is -0.449 e. The normalized spacial score (nSPS) is 12.7. The van der Waals surface area contributed by atoms with Gasteiger partial charge in [0.05, 0.1) is 16.5 Å². The molecule has 0 unspecified atom stereocenters. The van der Waals surface area contributed by atoms with E-state index in [1.54, 1.807) is 6.92 Å². The molecule has 0 heterocycles. The van der Waals surface area contributed by atoms with E-state index >= 15 is 0 Å². The third kappa shape index (κ3) is 5.24. The van der Waals surface area contributed by atoms with E-state index in [1.807, 2.05) is 0 Å². The summed E-state index contributed by atoms with van der Waals surface area (Å²) in [6.45, 7) is 3.07. The molecule has 0 saturated heterocycles. The summed E-state index contributed by atoms with van der Waals surface area (Å²) in [4.78, 5) is 34.5. The van der Waals surface area contributed by atoms with Gasteiger partial charge in [-0.3, -0.25) is 14.9 Å². The first-order chi connectivity index (χ1) is 12.7. The molecule has 0 saturated carbocycles. The highest BCUT2D eigenvalue weighted by atomic mass is 35.5. The van der Waals surface area contributed by atoms with Crippen molar-refractivity contribution in [1.82, 2.24) is 5.32 Å². The summed E-state index contributed by atoms with van der Waals surface area (Å²) in [5, 5.41) is 13.4. The molecule has 2 rings (SSSR count). The number of hydrogen-bond donors (Lipinski definition) is 1. The Labute approximate surface area is 159 Å². The minimum atomic E-state index is -1.14. The van der Waals surface area contributed by atoms with Crippen LogP contribution in [0.3, 0.4) is 0 Å². The number of nitro groups is 1. The highest BCUT2D eigenvalue weighted by molar-refractivity contribution is 6.32. The van der Waals surface area contributed by atoms with Gasteiger partial charge in [0.2, 0.25) is 0 Å². The number of benzene rings is 2. The molecular weight excluding hydrogens is 379 g/mol. The number of nitro benzene ring substituents is 1. The molecule has 2 atom stereocenters. The standard InChI is InChI=1S/C18H16ClFN2O5/c1-10(12-3-6-14(20)7-4-12)21-17(23)11(2)27-18(24)13-5-8-15(19)16(9-13)22(25)26/h3-11H,1-2H3,(H,21,23)/t10-,11+/m1/s1. The summed E-state index contributed by atoms with van der Waals surface area (Å²) in [6.07, 6.45) is -1.14. The lowest BCUT2D eigenvalue weighted by Gasteiger charge is -2.18. The van der Waals surface area contributed by atoms with Crippen molar-refractivity contribution in [3.63, 3.8) is 0 Å². The van der Waals surface area contributed by atoms with Gasteiger partial charge in [0.15, 0.2) is 6.10 Å². The summed E-state index contributed by atoms with van der Waals surface area (Å²) < 4.78 is 18.0. The van der Waals surface area contributed by atoms with Gasteiger partial charge < -0.3 is 10.1 Å². The highest BCUT2D eigenvalue weighted by Crippen LogP contribution is 2.25. The fourth-order valence-corrected chi connectivity index (χ4v) is 2.41. The molecule has 9 heteroatoms.